The molecule has 1 atom stereocenters. The van der Waals surface area contributed by atoms with Crippen LogP contribution >= 0.6 is 11.6 Å². The summed E-state index contributed by atoms with van der Waals surface area (Å²) in [6.07, 6.45) is 0. The van der Waals surface area contributed by atoms with Gasteiger partial charge in [0, 0.05) is 17.3 Å². The normalized spacial score (nSPS) is 12.2. The summed E-state index contributed by atoms with van der Waals surface area (Å²) in [6, 6.07) is 16.1. The summed E-state index contributed by atoms with van der Waals surface area (Å²) in [7, 11) is 0. The van der Waals surface area contributed by atoms with E-state index in [4.69, 9.17) is 17.3 Å². The average molecular weight is 261 g/mol. The first-order chi connectivity index (χ1) is 8.70. The minimum atomic E-state index is 0.100. The largest absolute Gasteiger partial charge is 0.377 e. The zero-order valence-corrected chi connectivity index (χ0v) is 11.1. The van der Waals surface area contributed by atoms with Crippen molar-refractivity contribution in [2.75, 3.05) is 11.9 Å². The number of hydrogen-bond donors (Lipinski definition) is 2. The molecule has 3 heteroatoms. The van der Waals surface area contributed by atoms with Gasteiger partial charge in [0.1, 0.15) is 0 Å². The van der Waals surface area contributed by atoms with Crippen LogP contribution < -0.4 is 11.1 Å². The maximum atomic E-state index is 6.02. The van der Waals surface area contributed by atoms with Crippen molar-refractivity contribution in [3.05, 3.63) is 64.7 Å². The van der Waals surface area contributed by atoms with Crippen molar-refractivity contribution in [2.24, 2.45) is 5.73 Å². The highest BCUT2D eigenvalue weighted by atomic mass is 35.5. The quantitative estimate of drug-likeness (QED) is 0.878. The Hall–Kier alpha value is -1.51. The molecule has 2 nitrogen and oxygen atoms in total. The Morgan fingerprint density at radius 1 is 1.17 bits per heavy atom. The molecule has 0 unspecified atom stereocenters. The van der Waals surface area contributed by atoms with E-state index in [9.17, 15) is 0 Å². The maximum absolute atomic E-state index is 6.02. The first-order valence-electron chi connectivity index (χ1n) is 5.98. The Balaban J connectivity index is 2.23. The Labute approximate surface area is 113 Å². The van der Waals surface area contributed by atoms with Crippen molar-refractivity contribution in [2.45, 2.75) is 13.0 Å². The highest BCUT2D eigenvalue weighted by molar-refractivity contribution is 6.30. The van der Waals surface area contributed by atoms with Crippen molar-refractivity contribution in [1.82, 2.24) is 0 Å². The fourth-order valence-electron chi connectivity index (χ4n) is 1.90. The summed E-state index contributed by atoms with van der Waals surface area (Å²) in [4.78, 5) is 0. The standard InChI is InChI=1S/C15H17ClN2/c1-11-7-8-13(16)9-14(11)18-15(10-17)12-5-3-2-4-6-12/h2-9,15,18H,10,17H2,1H3/t15-/m1/s1. The van der Waals surface area contributed by atoms with Gasteiger partial charge in [0.05, 0.1) is 6.04 Å². The van der Waals surface area contributed by atoms with Crippen LogP contribution in [0.25, 0.3) is 0 Å². The van der Waals surface area contributed by atoms with Crippen LogP contribution in [0.1, 0.15) is 17.2 Å². The number of anilines is 1. The van der Waals surface area contributed by atoms with Gasteiger partial charge in [-0.15, -0.1) is 0 Å². The van der Waals surface area contributed by atoms with Gasteiger partial charge in [0.2, 0.25) is 0 Å². The lowest BCUT2D eigenvalue weighted by Crippen LogP contribution is -2.20. The van der Waals surface area contributed by atoms with Gasteiger partial charge in [-0.05, 0) is 30.2 Å². The third-order valence-corrected chi connectivity index (χ3v) is 3.20. The molecular formula is C15H17ClN2. The van der Waals surface area contributed by atoms with Gasteiger partial charge in [0.15, 0.2) is 0 Å². The minimum absolute atomic E-state index is 0.100. The zero-order valence-electron chi connectivity index (χ0n) is 10.4. The summed E-state index contributed by atoms with van der Waals surface area (Å²) in [5.74, 6) is 0. The summed E-state index contributed by atoms with van der Waals surface area (Å²) in [5, 5.41) is 4.17. The Morgan fingerprint density at radius 2 is 1.89 bits per heavy atom. The lowest BCUT2D eigenvalue weighted by atomic mass is 10.1. The van der Waals surface area contributed by atoms with E-state index in [-0.39, 0.29) is 6.04 Å². The molecule has 94 valence electrons. The van der Waals surface area contributed by atoms with Crippen LogP contribution in [0.15, 0.2) is 48.5 Å². The summed E-state index contributed by atoms with van der Waals surface area (Å²) in [5.41, 5.74) is 9.22. The maximum Gasteiger partial charge on any atom is 0.0636 e. The predicted molar refractivity (Wildman–Crippen MR) is 78.0 cm³/mol. The molecule has 0 aromatic heterocycles. The molecule has 0 heterocycles. The molecule has 0 radical (unpaired) electrons. The molecule has 0 aliphatic rings. The van der Waals surface area contributed by atoms with E-state index in [1.807, 2.05) is 36.4 Å². The van der Waals surface area contributed by atoms with E-state index in [1.54, 1.807) is 0 Å². The Bertz CT molecular complexity index is 511. The lowest BCUT2D eigenvalue weighted by Gasteiger charge is -2.20. The molecule has 2 aromatic rings. The van der Waals surface area contributed by atoms with E-state index in [1.165, 1.54) is 5.56 Å². The van der Waals surface area contributed by atoms with E-state index in [0.717, 1.165) is 16.3 Å². The van der Waals surface area contributed by atoms with E-state index < -0.39 is 0 Å². The molecule has 0 saturated carbocycles. The third kappa shape index (κ3) is 3.03. The fourth-order valence-corrected chi connectivity index (χ4v) is 2.07. The Kier molecular flexibility index (Phi) is 4.24. The first-order valence-corrected chi connectivity index (χ1v) is 6.36. The van der Waals surface area contributed by atoms with Crippen molar-refractivity contribution < 1.29 is 0 Å². The molecule has 0 spiro atoms. The number of halogens is 1. The van der Waals surface area contributed by atoms with Gasteiger partial charge in [-0.2, -0.15) is 0 Å². The van der Waals surface area contributed by atoms with Crippen LogP contribution in [0.3, 0.4) is 0 Å². The number of benzene rings is 2. The SMILES string of the molecule is Cc1ccc(Cl)cc1N[C@H](CN)c1ccccc1. The van der Waals surface area contributed by atoms with Crippen molar-refractivity contribution in [3.63, 3.8) is 0 Å². The van der Waals surface area contributed by atoms with Crippen molar-refractivity contribution in [3.8, 4) is 0 Å². The number of rotatable bonds is 4. The van der Waals surface area contributed by atoms with E-state index in [2.05, 4.69) is 24.4 Å². The van der Waals surface area contributed by atoms with Crippen LogP contribution in [0.2, 0.25) is 5.02 Å². The molecule has 0 saturated heterocycles. The molecule has 3 N–H and O–H groups in total. The van der Waals surface area contributed by atoms with Crippen LogP contribution in [0.4, 0.5) is 5.69 Å². The molecule has 0 aliphatic carbocycles. The van der Waals surface area contributed by atoms with Crippen LogP contribution in [0, 0.1) is 6.92 Å². The van der Waals surface area contributed by atoms with Crippen molar-refractivity contribution >= 4 is 17.3 Å². The topological polar surface area (TPSA) is 38.0 Å². The Morgan fingerprint density at radius 3 is 2.56 bits per heavy atom. The highest BCUT2D eigenvalue weighted by Gasteiger charge is 2.10. The molecule has 18 heavy (non-hydrogen) atoms. The van der Waals surface area contributed by atoms with Gasteiger partial charge in [0.25, 0.3) is 0 Å². The number of aryl methyl sites for hydroxylation is 1. The van der Waals surface area contributed by atoms with E-state index in [0.29, 0.717) is 6.54 Å². The smallest absolute Gasteiger partial charge is 0.0636 e. The molecule has 0 fully saturated rings. The first kappa shape index (κ1) is 12.9. The molecule has 0 amide bonds. The molecule has 2 rings (SSSR count). The molecule has 0 aliphatic heterocycles. The second kappa shape index (κ2) is 5.89. The monoisotopic (exact) mass is 260 g/mol. The lowest BCUT2D eigenvalue weighted by molar-refractivity contribution is 0.789. The molecule has 2 aromatic carbocycles. The number of nitrogens with one attached hydrogen (secondary N) is 1. The van der Waals surface area contributed by atoms with Gasteiger partial charge in [-0.1, -0.05) is 48.0 Å². The zero-order chi connectivity index (χ0) is 13.0. The van der Waals surface area contributed by atoms with Crippen molar-refractivity contribution in [1.29, 1.82) is 0 Å². The molecule has 0 bridgehead atoms. The molecular weight excluding hydrogens is 244 g/mol. The average Bonchev–Trinajstić information content (AvgIpc) is 2.41. The van der Waals surface area contributed by atoms with Gasteiger partial charge < -0.3 is 11.1 Å². The van der Waals surface area contributed by atoms with Crippen LogP contribution in [0.5, 0.6) is 0 Å². The van der Waals surface area contributed by atoms with Gasteiger partial charge in [-0.3, -0.25) is 0 Å². The van der Waals surface area contributed by atoms with Gasteiger partial charge in [-0.25, -0.2) is 0 Å². The van der Waals surface area contributed by atoms with E-state index >= 15 is 0 Å². The fraction of sp³-hybridized carbons (Fsp3) is 0.200. The minimum Gasteiger partial charge on any atom is -0.377 e. The number of hydrogen-bond acceptors (Lipinski definition) is 2. The summed E-state index contributed by atoms with van der Waals surface area (Å²) in [6.45, 7) is 2.59. The summed E-state index contributed by atoms with van der Waals surface area (Å²) < 4.78 is 0. The third-order valence-electron chi connectivity index (χ3n) is 2.97. The predicted octanol–water partition coefficient (Wildman–Crippen LogP) is 3.76. The van der Waals surface area contributed by atoms with Crippen LogP contribution in [-0.2, 0) is 0 Å². The highest BCUT2D eigenvalue weighted by Crippen LogP contribution is 2.24. The summed E-state index contributed by atoms with van der Waals surface area (Å²) >= 11 is 6.02. The second-order valence-corrected chi connectivity index (χ2v) is 4.74. The van der Waals surface area contributed by atoms with Crippen LogP contribution in [-0.4, -0.2) is 6.54 Å². The number of nitrogens with two attached hydrogens (primary N) is 1. The second-order valence-electron chi connectivity index (χ2n) is 4.30. The van der Waals surface area contributed by atoms with Gasteiger partial charge >= 0.3 is 0 Å².